The Morgan fingerprint density at radius 1 is 1.41 bits per heavy atom. The van der Waals surface area contributed by atoms with Crippen LogP contribution >= 0.6 is 0 Å². The van der Waals surface area contributed by atoms with Crippen LogP contribution in [0.5, 0.6) is 0 Å². The van der Waals surface area contributed by atoms with Gasteiger partial charge in [0.05, 0.1) is 0 Å². The molecule has 0 aliphatic carbocycles. The van der Waals surface area contributed by atoms with E-state index in [0.29, 0.717) is 19.1 Å². The third-order valence-electron chi connectivity index (χ3n) is 3.20. The molecule has 3 N–H and O–H groups in total. The lowest BCUT2D eigenvalue weighted by molar-refractivity contribution is -0.123. The van der Waals surface area contributed by atoms with E-state index >= 15 is 0 Å². The number of hydrogen-bond donors (Lipinski definition) is 2. The van der Waals surface area contributed by atoms with Crippen molar-refractivity contribution in [2.45, 2.75) is 25.9 Å². The van der Waals surface area contributed by atoms with Crippen molar-refractivity contribution in [2.24, 2.45) is 11.7 Å². The summed E-state index contributed by atoms with van der Waals surface area (Å²) in [6.45, 7) is 5.13. The highest BCUT2D eigenvalue weighted by Gasteiger charge is 2.35. The lowest BCUT2D eigenvalue weighted by Gasteiger charge is -2.42. The molecule has 3 amide bonds. The van der Waals surface area contributed by atoms with Crippen LogP contribution in [0.4, 0.5) is 4.79 Å². The maximum atomic E-state index is 12.1. The molecule has 1 atom stereocenters. The smallest absolute Gasteiger partial charge is 0.320 e. The molecule has 0 aromatic heterocycles. The monoisotopic (exact) mass is 242 g/mol. The van der Waals surface area contributed by atoms with Crippen LogP contribution in [0.25, 0.3) is 0 Å². The predicted octanol–water partition coefficient (Wildman–Crippen LogP) is -0.548. The number of urea groups is 1. The number of likely N-dealkylation sites (tertiary alicyclic amines) is 1. The van der Waals surface area contributed by atoms with E-state index in [1.165, 1.54) is 4.90 Å². The van der Waals surface area contributed by atoms with Gasteiger partial charge in [-0.25, -0.2) is 4.79 Å². The zero-order valence-electron chi connectivity index (χ0n) is 10.9. The number of nitrogens with two attached hydrogens (primary N) is 1. The van der Waals surface area contributed by atoms with Crippen LogP contribution in [-0.4, -0.2) is 61.0 Å². The maximum absolute atomic E-state index is 12.1. The number of nitrogens with one attached hydrogen (secondary N) is 1. The molecular weight excluding hydrogens is 220 g/mol. The summed E-state index contributed by atoms with van der Waals surface area (Å²) in [5, 5.41) is 3.10. The highest BCUT2D eigenvalue weighted by Crippen LogP contribution is 2.15. The van der Waals surface area contributed by atoms with Crippen molar-refractivity contribution in [1.82, 2.24) is 15.1 Å². The van der Waals surface area contributed by atoms with Crippen LogP contribution < -0.4 is 11.1 Å². The predicted molar refractivity (Wildman–Crippen MR) is 65.4 cm³/mol. The van der Waals surface area contributed by atoms with Crippen molar-refractivity contribution in [1.29, 1.82) is 0 Å². The first-order valence-electron chi connectivity index (χ1n) is 5.86. The Hall–Kier alpha value is -1.30. The van der Waals surface area contributed by atoms with Gasteiger partial charge in [0.15, 0.2) is 0 Å². The Balaban J connectivity index is 2.59. The number of primary amides is 1. The minimum absolute atomic E-state index is 0.0165. The summed E-state index contributed by atoms with van der Waals surface area (Å²) < 4.78 is 0. The van der Waals surface area contributed by atoms with Gasteiger partial charge >= 0.3 is 6.03 Å². The van der Waals surface area contributed by atoms with Crippen LogP contribution in [0, 0.1) is 5.92 Å². The number of likely N-dealkylation sites (N-methyl/N-ethyl adjacent to an activating group) is 2. The molecule has 98 valence electrons. The van der Waals surface area contributed by atoms with E-state index in [1.54, 1.807) is 11.9 Å². The second-order valence-electron chi connectivity index (χ2n) is 4.88. The second kappa shape index (κ2) is 5.35. The van der Waals surface area contributed by atoms with Gasteiger partial charge < -0.3 is 20.9 Å². The van der Waals surface area contributed by atoms with E-state index in [-0.39, 0.29) is 11.9 Å². The quantitative estimate of drug-likeness (QED) is 0.694. The number of carbonyl (C=O) groups excluding carboxylic acids is 2. The van der Waals surface area contributed by atoms with E-state index in [2.05, 4.69) is 5.32 Å². The zero-order valence-corrected chi connectivity index (χ0v) is 10.9. The Labute approximate surface area is 102 Å². The first kappa shape index (κ1) is 13.8. The van der Waals surface area contributed by atoms with Gasteiger partial charge in [0.1, 0.15) is 6.04 Å². The summed E-state index contributed by atoms with van der Waals surface area (Å²) in [6, 6.07) is -0.316. The summed E-state index contributed by atoms with van der Waals surface area (Å²) in [6.07, 6.45) is 0. The van der Waals surface area contributed by atoms with Gasteiger partial charge in [-0.15, -0.1) is 0 Å². The van der Waals surface area contributed by atoms with E-state index in [0.717, 1.165) is 0 Å². The molecule has 1 fully saturated rings. The van der Waals surface area contributed by atoms with E-state index in [9.17, 15) is 9.59 Å². The van der Waals surface area contributed by atoms with E-state index in [4.69, 9.17) is 5.73 Å². The lowest BCUT2D eigenvalue weighted by atomic mass is 10.0. The molecule has 17 heavy (non-hydrogen) atoms. The maximum Gasteiger partial charge on any atom is 0.320 e. The summed E-state index contributed by atoms with van der Waals surface area (Å²) >= 11 is 0. The van der Waals surface area contributed by atoms with Gasteiger partial charge in [0.25, 0.3) is 0 Å². The molecule has 0 saturated carbocycles. The minimum atomic E-state index is -0.545. The van der Waals surface area contributed by atoms with Crippen molar-refractivity contribution in [3.8, 4) is 0 Å². The van der Waals surface area contributed by atoms with E-state index in [1.807, 2.05) is 20.9 Å². The van der Waals surface area contributed by atoms with Gasteiger partial charge in [-0.05, 0) is 13.0 Å². The SMILES string of the molecule is CNC1CN(C(=O)N(C)[C@H](C(N)=O)C(C)C)C1. The molecule has 0 aromatic rings. The third kappa shape index (κ3) is 2.88. The summed E-state index contributed by atoms with van der Waals surface area (Å²) in [4.78, 5) is 26.5. The number of carbonyl (C=O) groups is 2. The molecule has 6 nitrogen and oxygen atoms in total. The molecule has 1 saturated heterocycles. The molecule has 0 radical (unpaired) electrons. The first-order chi connectivity index (χ1) is 7.88. The highest BCUT2D eigenvalue weighted by molar-refractivity contribution is 5.86. The van der Waals surface area contributed by atoms with E-state index < -0.39 is 11.9 Å². The topological polar surface area (TPSA) is 78.7 Å². The van der Waals surface area contributed by atoms with Crippen LogP contribution in [0.15, 0.2) is 0 Å². The summed E-state index contributed by atoms with van der Waals surface area (Å²) in [5.41, 5.74) is 5.33. The fourth-order valence-electron chi connectivity index (χ4n) is 2.13. The standard InChI is InChI=1S/C11H22N4O2/c1-7(2)9(10(12)16)14(4)11(17)15-5-8(6-15)13-3/h7-9,13H,5-6H2,1-4H3,(H2,12,16)/t9-/m0/s1. The van der Waals surface area contributed by atoms with Gasteiger partial charge in [0, 0.05) is 26.2 Å². The van der Waals surface area contributed by atoms with Crippen molar-refractivity contribution in [3.63, 3.8) is 0 Å². The van der Waals surface area contributed by atoms with Crippen molar-refractivity contribution in [2.75, 3.05) is 27.2 Å². The van der Waals surface area contributed by atoms with Crippen LogP contribution in [-0.2, 0) is 4.79 Å². The average molecular weight is 242 g/mol. The van der Waals surface area contributed by atoms with Crippen LogP contribution in [0.1, 0.15) is 13.8 Å². The molecule has 0 aromatic carbocycles. The molecule has 6 heteroatoms. The number of rotatable bonds is 4. The van der Waals surface area contributed by atoms with Gasteiger partial charge in [-0.3, -0.25) is 4.79 Å². The van der Waals surface area contributed by atoms with Gasteiger partial charge in [-0.1, -0.05) is 13.8 Å². The minimum Gasteiger partial charge on any atom is -0.368 e. The van der Waals surface area contributed by atoms with Crippen LogP contribution in [0.2, 0.25) is 0 Å². The number of hydrogen-bond acceptors (Lipinski definition) is 3. The Kier molecular flexibility index (Phi) is 4.34. The second-order valence-corrected chi connectivity index (χ2v) is 4.88. The molecule has 0 spiro atoms. The molecule has 0 unspecified atom stereocenters. The lowest BCUT2D eigenvalue weighted by Crippen LogP contribution is -2.63. The van der Waals surface area contributed by atoms with Gasteiger partial charge in [-0.2, -0.15) is 0 Å². The molecule has 1 aliphatic rings. The Morgan fingerprint density at radius 2 is 1.94 bits per heavy atom. The Morgan fingerprint density at radius 3 is 2.29 bits per heavy atom. The average Bonchev–Trinajstić information content (AvgIpc) is 2.14. The van der Waals surface area contributed by atoms with Crippen molar-refractivity contribution in [3.05, 3.63) is 0 Å². The first-order valence-corrected chi connectivity index (χ1v) is 5.86. The molecule has 1 heterocycles. The highest BCUT2D eigenvalue weighted by atomic mass is 16.2. The van der Waals surface area contributed by atoms with Gasteiger partial charge in [0.2, 0.25) is 5.91 Å². The van der Waals surface area contributed by atoms with Crippen molar-refractivity contribution < 1.29 is 9.59 Å². The molecule has 0 bridgehead atoms. The van der Waals surface area contributed by atoms with Crippen molar-refractivity contribution >= 4 is 11.9 Å². The fourth-order valence-corrected chi connectivity index (χ4v) is 2.13. The summed E-state index contributed by atoms with van der Waals surface area (Å²) in [5.74, 6) is -0.440. The third-order valence-corrected chi connectivity index (χ3v) is 3.20. The zero-order chi connectivity index (χ0) is 13.2. The molecule has 1 rings (SSSR count). The van der Waals surface area contributed by atoms with Crippen LogP contribution in [0.3, 0.4) is 0 Å². The number of amides is 3. The summed E-state index contributed by atoms with van der Waals surface area (Å²) in [7, 11) is 3.50. The normalized spacial score (nSPS) is 17.8. The largest absolute Gasteiger partial charge is 0.368 e. The Bertz CT molecular complexity index is 300. The molecular formula is C11H22N4O2. The number of nitrogens with zero attached hydrogens (tertiary/aromatic N) is 2. The fraction of sp³-hybridized carbons (Fsp3) is 0.818. The molecule has 1 aliphatic heterocycles.